The van der Waals surface area contributed by atoms with Gasteiger partial charge in [-0.15, -0.1) is 0 Å². The van der Waals surface area contributed by atoms with E-state index in [0.717, 1.165) is 13.1 Å². The lowest BCUT2D eigenvalue weighted by Crippen LogP contribution is -2.44. The van der Waals surface area contributed by atoms with Crippen molar-refractivity contribution in [3.63, 3.8) is 0 Å². The minimum atomic E-state index is -1.43. The second kappa shape index (κ2) is 30.6. The van der Waals surface area contributed by atoms with Crippen molar-refractivity contribution < 1.29 is 66.7 Å². The molecule has 0 aromatic rings. The number of hydrogen-bond acceptors (Lipinski definition) is 13. The van der Waals surface area contributed by atoms with E-state index in [-0.39, 0.29) is 70.2 Å². The Bertz CT molecular complexity index is 1180. The molecule has 0 bridgehead atoms. The number of amides is 1. The van der Waals surface area contributed by atoms with Crippen molar-refractivity contribution in [2.24, 2.45) is 40.7 Å². The van der Waals surface area contributed by atoms with Crippen LogP contribution in [0.1, 0.15) is 122 Å². The number of esters is 2. The fourth-order valence-corrected chi connectivity index (χ4v) is 7.73. The standard InChI is InChI=1S/C46H88N2O13/c1-15-34(41(47)49)22-35(42(50)51)23-37(24-36(21-33(7)25-48(13,14)16-2)44(53)61-46(11,12)32-45(8,9)10)43(52)60-40(30-58-38(26-54-17-3)27-55-18-4)31-59-39(28-56-19-5)29-57-20-6/h33-40H,15-32H2,1-14H3,(H2-,47,49,50,51). The van der Waals surface area contributed by atoms with Crippen molar-refractivity contribution in [2.75, 3.05) is 93.3 Å². The molecule has 0 aromatic heterocycles. The topological polar surface area (TPSA) is 191 Å². The van der Waals surface area contributed by atoms with Gasteiger partial charge in [0.15, 0.2) is 0 Å². The normalized spacial score (nSPS) is 15.2. The van der Waals surface area contributed by atoms with Gasteiger partial charge in [-0.1, -0.05) is 34.6 Å². The summed E-state index contributed by atoms with van der Waals surface area (Å²) in [6.45, 7) is 27.6. The smallest absolute Gasteiger partial charge is 0.309 e. The molecule has 0 spiro atoms. The summed E-state index contributed by atoms with van der Waals surface area (Å²) in [5.41, 5.74) is 4.69. The Hall–Kier alpha value is -2.40. The van der Waals surface area contributed by atoms with Gasteiger partial charge in [-0.05, 0) is 92.4 Å². The van der Waals surface area contributed by atoms with Crippen LogP contribution in [0.25, 0.3) is 0 Å². The molecule has 15 heteroatoms. The molecule has 0 heterocycles. The number of nitrogens with two attached hydrogens (primary N) is 1. The highest BCUT2D eigenvalue weighted by Crippen LogP contribution is 2.34. The summed E-state index contributed by atoms with van der Waals surface area (Å²) in [4.78, 5) is 54.1. The molecule has 0 aliphatic rings. The van der Waals surface area contributed by atoms with E-state index in [1.54, 1.807) is 6.92 Å². The molecule has 5 unspecified atom stereocenters. The van der Waals surface area contributed by atoms with Crippen LogP contribution in [0.4, 0.5) is 0 Å². The van der Waals surface area contributed by atoms with Crippen molar-refractivity contribution in [1.29, 1.82) is 0 Å². The van der Waals surface area contributed by atoms with E-state index >= 15 is 0 Å². The maximum atomic E-state index is 14.7. The Labute approximate surface area is 369 Å². The number of hydrogen-bond donors (Lipinski definition) is 1. The number of carbonyl (C=O) groups excluding carboxylic acids is 4. The summed E-state index contributed by atoms with van der Waals surface area (Å²) < 4.78 is 48.2. The van der Waals surface area contributed by atoms with E-state index in [0.29, 0.717) is 50.2 Å². The van der Waals surface area contributed by atoms with Crippen molar-refractivity contribution in [1.82, 2.24) is 0 Å². The molecule has 360 valence electrons. The number of nitrogens with zero attached hydrogens (tertiary/aromatic N) is 1. The Morgan fingerprint density at radius 1 is 0.607 bits per heavy atom. The fourth-order valence-electron chi connectivity index (χ4n) is 7.73. The molecule has 1 amide bonds. The number of ether oxygens (including phenoxy) is 8. The Morgan fingerprint density at radius 2 is 1.03 bits per heavy atom. The third kappa shape index (κ3) is 27.4. The predicted octanol–water partition coefficient (Wildman–Crippen LogP) is 4.98. The monoisotopic (exact) mass is 877 g/mol. The van der Waals surface area contributed by atoms with E-state index in [2.05, 4.69) is 48.7 Å². The Kier molecular flexibility index (Phi) is 29.4. The lowest BCUT2D eigenvalue weighted by Gasteiger charge is -2.36. The van der Waals surface area contributed by atoms with Gasteiger partial charge >= 0.3 is 11.9 Å². The first-order valence-corrected chi connectivity index (χ1v) is 22.8. The lowest BCUT2D eigenvalue weighted by molar-refractivity contribution is -0.891. The number of rotatable bonds is 37. The van der Waals surface area contributed by atoms with Crippen LogP contribution in [-0.4, -0.2) is 145 Å². The van der Waals surface area contributed by atoms with Crippen molar-refractivity contribution in [2.45, 2.75) is 146 Å². The van der Waals surface area contributed by atoms with Crippen LogP contribution in [0.15, 0.2) is 0 Å². The number of carboxylic acid groups (broad SMARTS) is 1. The van der Waals surface area contributed by atoms with Gasteiger partial charge in [0.05, 0.1) is 78.7 Å². The molecule has 2 N–H and O–H groups in total. The van der Waals surface area contributed by atoms with Crippen LogP contribution in [0.5, 0.6) is 0 Å². The Morgan fingerprint density at radius 3 is 1.41 bits per heavy atom. The largest absolute Gasteiger partial charge is 0.550 e. The van der Waals surface area contributed by atoms with Crippen LogP contribution in [0.3, 0.4) is 0 Å². The zero-order chi connectivity index (χ0) is 46.8. The van der Waals surface area contributed by atoms with Gasteiger partial charge in [0, 0.05) is 50.2 Å². The van der Waals surface area contributed by atoms with Gasteiger partial charge in [0.1, 0.15) is 23.9 Å². The highest BCUT2D eigenvalue weighted by Gasteiger charge is 2.38. The summed E-state index contributed by atoms with van der Waals surface area (Å²) >= 11 is 0. The summed E-state index contributed by atoms with van der Waals surface area (Å²) in [5, 5.41) is 12.8. The Balaban J connectivity index is 7.22. The van der Waals surface area contributed by atoms with E-state index < -0.39 is 71.4 Å². The predicted molar refractivity (Wildman–Crippen MR) is 233 cm³/mol. The van der Waals surface area contributed by atoms with Crippen LogP contribution >= 0.6 is 0 Å². The maximum Gasteiger partial charge on any atom is 0.309 e. The molecule has 0 aliphatic carbocycles. The highest BCUT2D eigenvalue weighted by molar-refractivity contribution is 5.79. The van der Waals surface area contributed by atoms with Gasteiger partial charge < -0.3 is 58.0 Å². The van der Waals surface area contributed by atoms with Gasteiger partial charge in [0.25, 0.3) is 0 Å². The second-order valence-electron chi connectivity index (χ2n) is 18.9. The molecule has 0 aromatic carbocycles. The highest BCUT2D eigenvalue weighted by atomic mass is 16.6. The second-order valence-corrected chi connectivity index (χ2v) is 18.9. The first-order valence-electron chi connectivity index (χ1n) is 22.8. The molecule has 15 nitrogen and oxygen atoms in total. The minimum absolute atomic E-state index is 0.0287. The van der Waals surface area contributed by atoms with Gasteiger partial charge in [-0.25, -0.2) is 0 Å². The van der Waals surface area contributed by atoms with Crippen molar-refractivity contribution in [3.8, 4) is 0 Å². The fraction of sp³-hybridized carbons (Fsp3) is 0.913. The molecule has 0 fully saturated rings. The molecule has 0 rings (SSSR count). The molecular formula is C46H88N2O13. The van der Waals surface area contributed by atoms with E-state index in [9.17, 15) is 24.3 Å². The number of quaternary nitrogens is 1. The summed E-state index contributed by atoms with van der Waals surface area (Å²) in [7, 11) is 4.24. The molecule has 0 radical (unpaired) electrons. The van der Waals surface area contributed by atoms with Crippen LogP contribution < -0.4 is 10.8 Å². The summed E-state index contributed by atoms with van der Waals surface area (Å²) in [5.74, 6) is -7.17. The summed E-state index contributed by atoms with van der Waals surface area (Å²) in [6.07, 6.45) is -1.11. The molecule has 0 aliphatic heterocycles. The first kappa shape index (κ1) is 58.6. The number of primary amides is 1. The number of aliphatic carboxylic acids is 1. The lowest BCUT2D eigenvalue weighted by atomic mass is 9.80. The third-order valence-electron chi connectivity index (χ3n) is 10.6. The minimum Gasteiger partial charge on any atom is -0.550 e. The van der Waals surface area contributed by atoms with Crippen LogP contribution in [0.2, 0.25) is 0 Å². The summed E-state index contributed by atoms with van der Waals surface area (Å²) in [6, 6.07) is 0. The van der Waals surface area contributed by atoms with E-state index in [1.807, 2.05) is 41.5 Å². The van der Waals surface area contributed by atoms with Crippen LogP contribution in [0, 0.1) is 35.0 Å². The average molecular weight is 877 g/mol. The zero-order valence-corrected chi connectivity index (χ0v) is 40.7. The maximum absolute atomic E-state index is 14.7. The first-order chi connectivity index (χ1) is 28.5. The van der Waals surface area contributed by atoms with Crippen molar-refractivity contribution in [3.05, 3.63) is 0 Å². The molecular weight excluding hydrogens is 789 g/mol. The molecule has 5 atom stereocenters. The number of carboxylic acids is 1. The molecule has 61 heavy (non-hydrogen) atoms. The molecule has 0 saturated heterocycles. The SMILES string of the molecule is CCOCC(COCC)OCC(COC(COCC)COCC)OC(=O)C(CC(CC(CC)C(N)=O)C(=O)[O-])CC(CC(C)C[N+](C)(C)CC)C(=O)OC(C)(C)CC(C)(C)C. The van der Waals surface area contributed by atoms with Crippen molar-refractivity contribution >= 4 is 23.8 Å². The van der Waals surface area contributed by atoms with Gasteiger partial charge in [-0.2, -0.15) is 0 Å². The van der Waals surface area contributed by atoms with E-state index in [1.165, 1.54) is 0 Å². The average Bonchev–Trinajstić information content (AvgIpc) is 3.15. The quantitative estimate of drug-likeness (QED) is 0.0651. The van der Waals surface area contributed by atoms with Gasteiger partial charge in [-0.3, -0.25) is 14.4 Å². The van der Waals surface area contributed by atoms with Gasteiger partial charge in [0.2, 0.25) is 5.91 Å². The van der Waals surface area contributed by atoms with Crippen LogP contribution in [-0.2, 0) is 57.1 Å². The van der Waals surface area contributed by atoms with E-state index in [4.69, 9.17) is 43.6 Å². The molecule has 0 saturated carbocycles. The zero-order valence-electron chi connectivity index (χ0n) is 40.7. The number of carbonyl (C=O) groups is 4. The third-order valence-corrected chi connectivity index (χ3v) is 10.6.